The molecular formula is C26H30N4O2S. The quantitative estimate of drug-likeness (QED) is 0.572. The van der Waals surface area contributed by atoms with E-state index in [9.17, 15) is 8.42 Å². The molecule has 1 atom stereocenters. The molecule has 2 aliphatic heterocycles. The Morgan fingerprint density at radius 3 is 2.55 bits per heavy atom. The normalized spacial score (nSPS) is 21.2. The molecule has 3 aromatic rings. The van der Waals surface area contributed by atoms with Crippen LogP contribution in [-0.4, -0.2) is 42.5 Å². The summed E-state index contributed by atoms with van der Waals surface area (Å²) < 4.78 is 23.7. The van der Waals surface area contributed by atoms with Gasteiger partial charge in [0.2, 0.25) is 0 Å². The summed E-state index contributed by atoms with van der Waals surface area (Å²) in [5.41, 5.74) is 9.52. The van der Waals surface area contributed by atoms with Gasteiger partial charge in [0.25, 0.3) is 0 Å². The molecule has 2 N–H and O–H groups in total. The lowest BCUT2D eigenvalue weighted by Crippen LogP contribution is -2.32. The summed E-state index contributed by atoms with van der Waals surface area (Å²) >= 11 is 0. The number of sulfone groups is 1. The summed E-state index contributed by atoms with van der Waals surface area (Å²) in [6, 6.07) is 21.6. The van der Waals surface area contributed by atoms with Crippen molar-refractivity contribution in [1.82, 2.24) is 15.4 Å². The predicted molar refractivity (Wildman–Crippen MR) is 132 cm³/mol. The highest BCUT2D eigenvalue weighted by molar-refractivity contribution is 7.91. The van der Waals surface area contributed by atoms with Crippen molar-refractivity contribution in [2.75, 3.05) is 23.4 Å². The Labute approximate surface area is 195 Å². The van der Waals surface area contributed by atoms with Crippen LogP contribution in [0, 0.1) is 0 Å². The molecule has 0 radical (unpaired) electrons. The van der Waals surface area contributed by atoms with Gasteiger partial charge in [-0.1, -0.05) is 36.4 Å². The zero-order valence-corrected chi connectivity index (χ0v) is 19.5. The predicted octanol–water partition coefficient (Wildman–Crippen LogP) is 4.19. The minimum Gasteiger partial charge on any atom is -0.382 e. The summed E-state index contributed by atoms with van der Waals surface area (Å²) in [5.74, 6) is 0.534. The summed E-state index contributed by atoms with van der Waals surface area (Å²) in [4.78, 5) is 4.22. The van der Waals surface area contributed by atoms with E-state index in [1.165, 1.54) is 22.3 Å². The van der Waals surface area contributed by atoms with Gasteiger partial charge in [-0.15, -0.1) is 0 Å². The molecule has 0 bridgehead atoms. The Bertz CT molecular complexity index is 1170. The first-order valence-electron chi connectivity index (χ1n) is 11.6. The van der Waals surface area contributed by atoms with E-state index < -0.39 is 9.84 Å². The molecule has 3 heterocycles. The minimum absolute atomic E-state index is 0.186. The lowest BCUT2D eigenvalue weighted by Gasteiger charge is -2.25. The van der Waals surface area contributed by atoms with Crippen LogP contribution in [0.2, 0.25) is 0 Å². The molecule has 0 amide bonds. The third-order valence-corrected chi connectivity index (χ3v) is 8.23. The van der Waals surface area contributed by atoms with Crippen molar-refractivity contribution in [2.24, 2.45) is 0 Å². The molecule has 0 saturated carbocycles. The van der Waals surface area contributed by atoms with Gasteiger partial charge in [-0.25, -0.2) is 18.9 Å². The van der Waals surface area contributed by atoms with Gasteiger partial charge >= 0.3 is 0 Å². The van der Waals surface area contributed by atoms with Crippen LogP contribution in [0.25, 0.3) is 11.1 Å². The fraction of sp³-hybridized carbons (Fsp3) is 0.346. The Kier molecular flexibility index (Phi) is 6.44. The molecular weight excluding hydrogens is 432 g/mol. The third-order valence-electron chi connectivity index (χ3n) is 6.51. The Morgan fingerprint density at radius 2 is 1.79 bits per heavy atom. The highest BCUT2D eigenvalue weighted by Gasteiger charge is 2.26. The van der Waals surface area contributed by atoms with Crippen molar-refractivity contribution < 1.29 is 8.42 Å². The first-order chi connectivity index (χ1) is 16.0. The summed E-state index contributed by atoms with van der Waals surface area (Å²) in [5, 5.41) is 5.89. The van der Waals surface area contributed by atoms with E-state index in [1.807, 2.05) is 18.3 Å². The molecule has 2 saturated heterocycles. The lowest BCUT2D eigenvalue weighted by molar-refractivity contribution is 0.227. The zero-order valence-electron chi connectivity index (χ0n) is 18.7. The van der Waals surface area contributed by atoms with E-state index in [1.54, 1.807) is 6.20 Å². The minimum atomic E-state index is -2.87. The van der Waals surface area contributed by atoms with E-state index in [2.05, 4.69) is 69.3 Å². The summed E-state index contributed by atoms with van der Waals surface area (Å²) in [7, 11) is -2.87. The van der Waals surface area contributed by atoms with Crippen LogP contribution in [0.15, 0.2) is 73.1 Å². The third kappa shape index (κ3) is 5.61. The van der Waals surface area contributed by atoms with Crippen LogP contribution >= 0.6 is 0 Å². The SMILES string of the molecule is O=S1(=O)CCC(Nc2cc(-c3ccccc3)cc(C3CCN(Cc4cccnc4)N3)c2)CC1. The number of pyridine rings is 1. The van der Waals surface area contributed by atoms with Crippen LogP contribution in [0.1, 0.15) is 36.4 Å². The second-order valence-electron chi connectivity index (χ2n) is 9.03. The Balaban J connectivity index is 1.36. The molecule has 6 nitrogen and oxygen atoms in total. The Hall–Kier alpha value is -2.74. The van der Waals surface area contributed by atoms with Gasteiger partial charge in [-0.2, -0.15) is 0 Å². The largest absolute Gasteiger partial charge is 0.382 e. The number of nitrogens with one attached hydrogen (secondary N) is 2. The number of rotatable bonds is 6. The zero-order chi connectivity index (χ0) is 22.7. The average molecular weight is 463 g/mol. The molecule has 7 heteroatoms. The molecule has 0 aliphatic carbocycles. The van der Waals surface area contributed by atoms with Crippen LogP contribution in [0.3, 0.4) is 0 Å². The number of nitrogens with zero attached hydrogens (tertiary/aromatic N) is 2. The highest BCUT2D eigenvalue weighted by atomic mass is 32.2. The molecule has 0 spiro atoms. The van der Waals surface area contributed by atoms with Gasteiger partial charge in [-0.05, 0) is 65.8 Å². The monoisotopic (exact) mass is 462 g/mol. The molecule has 2 fully saturated rings. The number of benzene rings is 2. The van der Waals surface area contributed by atoms with Crippen molar-refractivity contribution in [1.29, 1.82) is 0 Å². The average Bonchev–Trinajstić information content (AvgIpc) is 3.30. The molecule has 2 aromatic carbocycles. The van der Waals surface area contributed by atoms with Gasteiger partial charge in [0, 0.05) is 43.3 Å². The number of hydrogen-bond donors (Lipinski definition) is 2. The lowest BCUT2D eigenvalue weighted by atomic mass is 9.97. The second-order valence-corrected chi connectivity index (χ2v) is 11.3. The van der Waals surface area contributed by atoms with Crippen LogP contribution < -0.4 is 10.7 Å². The van der Waals surface area contributed by atoms with E-state index in [-0.39, 0.29) is 23.6 Å². The van der Waals surface area contributed by atoms with Crippen molar-refractivity contribution in [3.63, 3.8) is 0 Å². The van der Waals surface area contributed by atoms with Crippen molar-refractivity contribution in [3.05, 3.63) is 84.2 Å². The van der Waals surface area contributed by atoms with Gasteiger partial charge in [0.05, 0.1) is 11.5 Å². The van der Waals surface area contributed by atoms with E-state index >= 15 is 0 Å². The standard InChI is InChI=1S/C26H30N4O2S/c31-33(32)13-9-24(10-14-33)28-25-16-22(21-6-2-1-3-7-21)15-23(17-25)26-8-12-30(29-26)19-20-5-4-11-27-18-20/h1-7,11,15-18,24,26,28-29H,8-10,12-14,19H2. The molecule has 2 aliphatic rings. The fourth-order valence-electron chi connectivity index (χ4n) is 4.72. The smallest absolute Gasteiger partial charge is 0.150 e. The topological polar surface area (TPSA) is 74.3 Å². The fourth-order valence-corrected chi connectivity index (χ4v) is 6.21. The maximum Gasteiger partial charge on any atom is 0.150 e. The molecule has 5 rings (SSSR count). The van der Waals surface area contributed by atoms with Crippen molar-refractivity contribution in [3.8, 4) is 11.1 Å². The number of anilines is 1. The van der Waals surface area contributed by atoms with Crippen LogP contribution in [0.5, 0.6) is 0 Å². The summed E-state index contributed by atoms with van der Waals surface area (Å²) in [6.07, 6.45) is 6.06. The van der Waals surface area contributed by atoms with Crippen molar-refractivity contribution in [2.45, 2.75) is 37.9 Å². The van der Waals surface area contributed by atoms with Crippen LogP contribution in [0.4, 0.5) is 5.69 Å². The highest BCUT2D eigenvalue weighted by Crippen LogP contribution is 2.32. The number of aromatic nitrogens is 1. The number of hydrogen-bond acceptors (Lipinski definition) is 6. The first-order valence-corrected chi connectivity index (χ1v) is 13.4. The molecule has 1 unspecified atom stereocenters. The first kappa shape index (κ1) is 22.1. The molecule has 172 valence electrons. The maximum absolute atomic E-state index is 11.8. The second kappa shape index (κ2) is 9.63. The van der Waals surface area contributed by atoms with Gasteiger partial charge in [0.1, 0.15) is 9.84 Å². The van der Waals surface area contributed by atoms with E-state index in [0.717, 1.165) is 25.2 Å². The number of hydrazine groups is 1. The van der Waals surface area contributed by atoms with Crippen LogP contribution in [-0.2, 0) is 16.4 Å². The molecule has 1 aromatic heterocycles. The molecule has 33 heavy (non-hydrogen) atoms. The van der Waals surface area contributed by atoms with E-state index in [0.29, 0.717) is 12.8 Å². The van der Waals surface area contributed by atoms with E-state index in [4.69, 9.17) is 0 Å². The maximum atomic E-state index is 11.8. The van der Waals surface area contributed by atoms with Crippen molar-refractivity contribution >= 4 is 15.5 Å². The summed E-state index contributed by atoms with van der Waals surface area (Å²) in [6.45, 7) is 1.79. The Morgan fingerprint density at radius 1 is 0.970 bits per heavy atom. The van der Waals surface area contributed by atoms with Gasteiger partial charge in [0.15, 0.2) is 0 Å². The van der Waals surface area contributed by atoms with Gasteiger partial charge in [-0.3, -0.25) is 4.98 Å². The van der Waals surface area contributed by atoms with Gasteiger partial charge < -0.3 is 5.32 Å².